The Morgan fingerprint density at radius 3 is 2.81 bits per heavy atom. The molecule has 1 fully saturated rings. The lowest BCUT2D eigenvalue weighted by atomic mass is 10.1. The predicted octanol–water partition coefficient (Wildman–Crippen LogP) is 0.201. The van der Waals surface area contributed by atoms with Crippen molar-refractivity contribution in [1.82, 2.24) is 30.7 Å². The summed E-state index contributed by atoms with van der Waals surface area (Å²) < 4.78 is 1.74. The normalized spacial score (nSPS) is 16.4. The van der Waals surface area contributed by atoms with E-state index in [0.29, 0.717) is 19.6 Å². The summed E-state index contributed by atoms with van der Waals surface area (Å²) >= 11 is 0. The molecule has 0 radical (unpaired) electrons. The van der Waals surface area contributed by atoms with Gasteiger partial charge in [-0.05, 0) is 30.5 Å². The van der Waals surface area contributed by atoms with Crippen LogP contribution in [0.3, 0.4) is 0 Å². The topological polar surface area (TPSA) is 101 Å². The molecule has 0 saturated carbocycles. The minimum Gasteiger partial charge on any atom is -0.354 e. The van der Waals surface area contributed by atoms with Crippen LogP contribution >= 0.6 is 0 Å². The third-order valence-electron chi connectivity index (χ3n) is 4.42. The van der Waals surface area contributed by atoms with Gasteiger partial charge in [-0.2, -0.15) is 5.10 Å². The van der Waals surface area contributed by atoms with Crippen LogP contribution in [0, 0.1) is 0 Å². The van der Waals surface area contributed by atoms with Gasteiger partial charge in [-0.1, -0.05) is 24.3 Å². The Kier molecular flexibility index (Phi) is 6.32. The van der Waals surface area contributed by atoms with Crippen LogP contribution in [-0.4, -0.2) is 45.7 Å². The summed E-state index contributed by atoms with van der Waals surface area (Å²) in [5, 5.41) is 13.0. The fourth-order valence-electron chi connectivity index (χ4n) is 2.99. The molecule has 1 saturated heterocycles. The first-order valence-corrected chi connectivity index (χ1v) is 8.89. The van der Waals surface area contributed by atoms with Gasteiger partial charge in [-0.3, -0.25) is 9.59 Å². The molecule has 1 aliphatic heterocycles. The van der Waals surface area contributed by atoms with Gasteiger partial charge < -0.3 is 16.0 Å². The average molecular weight is 356 g/mol. The van der Waals surface area contributed by atoms with E-state index in [0.717, 1.165) is 30.5 Å². The van der Waals surface area contributed by atoms with Gasteiger partial charge in [-0.25, -0.2) is 9.67 Å². The van der Waals surface area contributed by atoms with Crippen LogP contribution in [0.5, 0.6) is 0 Å². The van der Waals surface area contributed by atoms with Gasteiger partial charge in [0.1, 0.15) is 12.7 Å². The Balaban J connectivity index is 1.42. The molecule has 26 heavy (non-hydrogen) atoms. The monoisotopic (exact) mass is 356 g/mol. The van der Waals surface area contributed by atoms with E-state index >= 15 is 0 Å². The van der Waals surface area contributed by atoms with Crippen LogP contribution in [0.25, 0.3) is 0 Å². The van der Waals surface area contributed by atoms with E-state index in [-0.39, 0.29) is 24.3 Å². The van der Waals surface area contributed by atoms with E-state index in [1.165, 1.54) is 6.33 Å². The Hall–Kier alpha value is -2.74. The highest BCUT2D eigenvalue weighted by atomic mass is 16.2. The largest absolute Gasteiger partial charge is 0.354 e. The highest BCUT2D eigenvalue weighted by Crippen LogP contribution is 2.10. The lowest BCUT2D eigenvalue weighted by molar-refractivity contribution is -0.123. The smallest absolute Gasteiger partial charge is 0.237 e. The minimum atomic E-state index is -0.110. The fourth-order valence-corrected chi connectivity index (χ4v) is 2.99. The maximum absolute atomic E-state index is 12.0. The SMILES string of the molecule is O=C(CCNC(=O)C1CCCN1)NCc1ccccc1Cn1cncn1. The van der Waals surface area contributed by atoms with Crippen LogP contribution < -0.4 is 16.0 Å². The average Bonchev–Trinajstić information content (AvgIpc) is 3.35. The third kappa shape index (κ3) is 5.13. The Morgan fingerprint density at radius 1 is 1.23 bits per heavy atom. The van der Waals surface area contributed by atoms with E-state index < -0.39 is 0 Å². The van der Waals surface area contributed by atoms with Crippen molar-refractivity contribution in [2.24, 2.45) is 0 Å². The number of benzene rings is 1. The standard InChI is InChI=1S/C18H24N6O2/c25-17(7-9-21-18(26)16-6-3-8-20-16)22-10-14-4-1-2-5-15(14)11-24-13-19-12-23-24/h1-2,4-5,12-13,16,20H,3,6-11H2,(H,21,26)(H,22,25). The Morgan fingerprint density at radius 2 is 2.08 bits per heavy atom. The minimum absolute atomic E-state index is 0.0199. The lowest BCUT2D eigenvalue weighted by Gasteiger charge is -2.12. The maximum Gasteiger partial charge on any atom is 0.237 e. The summed E-state index contributed by atoms with van der Waals surface area (Å²) in [5.41, 5.74) is 2.12. The molecule has 0 aliphatic carbocycles. The number of nitrogens with one attached hydrogen (secondary N) is 3. The van der Waals surface area contributed by atoms with E-state index in [1.807, 2.05) is 24.3 Å². The second-order valence-corrected chi connectivity index (χ2v) is 6.33. The van der Waals surface area contributed by atoms with Crippen LogP contribution in [-0.2, 0) is 22.7 Å². The van der Waals surface area contributed by atoms with Crippen molar-refractivity contribution in [3.63, 3.8) is 0 Å². The zero-order chi connectivity index (χ0) is 18.2. The number of carbonyl (C=O) groups excluding carboxylic acids is 2. The van der Waals surface area contributed by atoms with Crippen molar-refractivity contribution in [2.75, 3.05) is 13.1 Å². The van der Waals surface area contributed by atoms with Gasteiger partial charge >= 0.3 is 0 Å². The van der Waals surface area contributed by atoms with Crippen molar-refractivity contribution in [3.05, 3.63) is 48.0 Å². The van der Waals surface area contributed by atoms with Crippen LogP contribution in [0.4, 0.5) is 0 Å². The summed E-state index contributed by atoms with van der Waals surface area (Å²) in [4.78, 5) is 27.9. The molecular weight excluding hydrogens is 332 g/mol. The van der Waals surface area contributed by atoms with Gasteiger partial charge in [0.25, 0.3) is 0 Å². The zero-order valence-electron chi connectivity index (χ0n) is 14.6. The second kappa shape index (κ2) is 9.10. The molecule has 0 spiro atoms. The second-order valence-electron chi connectivity index (χ2n) is 6.33. The highest BCUT2D eigenvalue weighted by Gasteiger charge is 2.21. The molecule has 2 heterocycles. The van der Waals surface area contributed by atoms with E-state index in [9.17, 15) is 9.59 Å². The summed E-state index contributed by atoms with van der Waals surface area (Å²) in [6, 6.07) is 7.80. The molecule has 8 heteroatoms. The number of nitrogens with zero attached hydrogens (tertiary/aromatic N) is 3. The number of carbonyl (C=O) groups is 2. The van der Waals surface area contributed by atoms with E-state index in [4.69, 9.17) is 0 Å². The van der Waals surface area contributed by atoms with Gasteiger partial charge in [0.2, 0.25) is 11.8 Å². The first-order chi connectivity index (χ1) is 12.7. The molecule has 2 amide bonds. The molecule has 3 N–H and O–H groups in total. The quantitative estimate of drug-likeness (QED) is 0.627. The van der Waals surface area contributed by atoms with Crippen molar-refractivity contribution in [1.29, 1.82) is 0 Å². The summed E-state index contributed by atoms with van der Waals surface area (Å²) in [7, 11) is 0. The number of amides is 2. The molecule has 1 unspecified atom stereocenters. The number of hydrogen-bond donors (Lipinski definition) is 3. The molecule has 1 aromatic heterocycles. The van der Waals surface area contributed by atoms with Crippen molar-refractivity contribution < 1.29 is 9.59 Å². The molecule has 2 aromatic rings. The van der Waals surface area contributed by atoms with E-state index in [2.05, 4.69) is 26.0 Å². The third-order valence-corrected chi connectivity index (χ3v) is 4.42. The fraction of sp³-hybridized carbons (Fsp3) is 0.444. The molecule has 8 nitrogen and oxygen atoms in total. The molecule has 138 valence electrons. The van der Waals surface area contributed by atoms with Gasteiger partial charge in [0.15, 0.2) is 0 Å². The first-order valence-electron chi connectivity index (χ1n) is 8.89. The van der Waals surface area contributed by atoms with Crippen LogP contribution in [0.1, 0.15) is 30.4 Å². The molecule has 1 aliphatic rings. The van der Waals surface area contributed by atoms with Gasteiger partial charge in [-0.15, -0.1) is 0 Å². The molecular formula is C18H24N6O2. The number of hydrogen-bond acceptors (Lipinski definition) is 5. The lowest BCUT2D eigenvalue weighted by Crippen LogP contribution is -2.41. The van der Waals surface area contributed by atoms with Crippen LogP contribution in [0.15, 0.2) is 36.9 Å². The van der Waals surface area contributed by atoms with Crippen molar-refractivity contribution in [3.8, 4) is 0 Å². The molecule has 1 aromatic carbocycles. The Labute approximate surface area is 152 Å². The number of rotatable bonds is 8. The Bertz CT molecular complexity index is 725. The molecule has 0 bridgehead atoms. The molecule has 1 atom stereocenters. The highest BCUT2D eigenvalue weighted by molar-refractivity contribution is 5.83. The summed E-state index contributed by atoms with van der Waals surface area (Å²) in [5.74, 6) is -0.103. The summed E-state index contributed by atoms with van der Waals surface area (Å²) in [6.07, 6.45) is 5.31. The summed E-state index contributed by atoms with van der Waals surface area (Å²) in [6.45, 7) is 2.29. The first kappa shape index (κ1) is 18.1. The number of aromatic nitrogens is 3. The zero-order valence-corrected chi connectivity index (χ0v) is 14.6. The van der Waals surface area contributed by atoms with Gasteiger partial charge in [0, 0.05) is 19.5 Å². The molecule has 3 rings (SSSR count). The van der Waals surface area contributed by atoms with Crippen molar-refractivity contribution >= 4 is 11.8 Å². The van der Waals surface area contributed by atoms with Crippen LogP contribution in [0.2, 0.25) is 0 Å². The van der Waals surface area contributed by atoms with E-state index in [1.54, 1.807) is 11.0 Å². The predicted molar refractivity (Wildman–Crippen MR) is 96.1 cm³/mol. The maximum atomic E-state index is 12.0. The van der Waals surface area contributed by atoms with Crippen molar-refractivity contribution in [2.45, 2.75) is 38.4 Å². The van der Waals surface area contributed by atoms with Gasteiger partial charge in [0.05, 0.1) is 12.6 Å².